The van der Waals surface area contributed by atoms with Crippen LogP contribution in [-0.4, -0.2) is 49.2 Å². The van der Waals surface area contributed by atoms with E-state index in [1.54, 1.807) is 17.3 Å². The van der Waals surface area contributed by atoms with Crippen molar-refractivity contribution in [3.63, 3.8) is 0 Å². The highest BCUT2D eigenvalue weighted by Crippen LogP contribution is 2.23. The molecule has 140 valence electrons. The van der Waals surface area contributed by atoms with Crippen molar-refractivity contribution in [1.82, 2.24) is 14.6 Å². The largest absolute Gasteiger partial charge is 0.324 e. The van der Waals surface area contributed by atoms with Gasteiger partial charge < -0.3 is 10.2 Å². The van der Waals surface area contributed by atoms with E-state index in [2.05, 4.69) is 15.0 Å². The minimum absolute atomic E-state index is 0.0979. The molecule has 0 spiro atoms. The Hall–Kier alpha value is -2.19. The van der Waals surface area contributed by atoms with Crippen LogP contribution in [0.5, 0.6) is 0 Å². The number of hydrogen-bond donors (Lipinski definition) is 2. The van der Waals surface area contributed by atoms with Gasteiger partial charge in [0.05, 0.1) is 11.4 Å². The summed E-state index contributed by atoms with van der Waals surface area (Å²) in [5, 5.41) is 4.87. The average molecular weight is 376 g/mol. The average Bonchev–Trinajstić information content (AvgIpc) is 2.62. The molecule has 1 aromatic carbocycles. The molecule has 1 aliphatic rings. The summed E-state index contributed by atoms with van der Waals surface area (Å²) in [5.41, 5.74) is 0.751. The van der Waals surface area contributed by atoms with Crippen LogP contribution in [0.25, 0.3) is 10.8 Å². The molecule has 0 radical (unpaired) electrons. The molecule has 0 aliphatic carbocycles. The Balaban J connectivity index is 1.59. The molecule has 0 atom stereocenters. The zero-order valence-electron chi connectivity index (χ0n) is 14.8. The van der Waals surface area contributed by atoms with Crippen molar-refractivity contribution in [2.75, 3.05) is 24.2 Å². The monoisotopic (exact) mass is 376 g/mol. The molecular formula is C18H24N4O3S. The number of urea groups is 1. The van der Waals surface area contributed by atoms with Gasteiger partial charge in [-0.05, 0) is 31.4 Å². The fraction of sp³-hybridized carbons (Fsp3) is 0.444. The van der Waals surface area contributed by atoms with Crippen LogP contribution in [0, 0.1) is 0 Å². The number of nitrogens with one attached hydrogen (secondary N) is 2. The van der Waals surface area contributed by atoms with Gasteiger partial charge in [-0.3, -0.25) is 4.98 Å². The van der Waals surface area contributed by atoms with Gasteiger partial charge in [0.15, 0.2) is 0 Å². The number of aromatic nitrogens is 1. The van der Waals surface area contributed by atoms with E-state index in [9.17, 15) is 13.2 Å². The van der Waals surface area contributed by atoms with Crippen LogP contribution >= 0.6 is 0 Å². The van der Waals surface area contributed by atoms with Crippen LogP contribution < -0.4 is 10.0 Å². The van der Waals surface area contributed by atoms with Gasteiger partial charge in [-0.2, -0.15) is 0 Å². The fourth-order valence-electron chi connectivity index (χ4n) is 3.21. The number of piperidine rings is 1. The number of pyridine rings is 1. The second-order valence-corrected chi connectivity index (χ2v) is 8.40. The molecule has 2 heterocycles. The number of amides is 2. The molecule has 2 amide bonds. The number of hydrogen-bond acceptors (Lipinski definition) is 4. The van der Waals surface area contributed by atoms with Crippen LogP contribution in [0.2, 0.25) is 0 Å². The molecule has 8 heteroatoms. The van der Waals surface area contributed by atoms with Crippen molar-refractivity contribution < 1.29 is 13.2 Å². The zero-order valence-corrected chi connectivity index (χ0v) is 15.6. The highest BCUT2D eigenvalue weighted by atomic mass is 32.2. The smallest absolute Gasteiger partial charge is 0.321 e. The summed E-state index contributed by atoms with van der Waals surface area (Å²) in [5.74, 6) is 0.142. The highest BCUT2D eigenvalue weighted by Gasteiger charge is 2.25. The SMILES string of the molecule is CCCS(=O)(=O)NC1CCN(C(=O)Nc2cccc3cnccc23)CC1. The Kier molecular flexibility index (Phi) is 5.73. The summed E-state index contributed by atoms with van der Waals surface area (Å²) in [7, 11) is -3.22. The first-order valence-electron chi connectivity index (χ1n) is 8.87. The van der Waals surface area contributed by atoms with Crippen LogP contribution in [-0.2, 0) is 10.0 Å². The Morgan fingerprint density at radius 2 is 2.04 bits per heavy atom. The second kappa shape index (κ2) is 8.01. The lowest BCUT2D eigenvalue weighted by atomic mass is 10.1. The molecule has 2 N–H and O–H groups in total. The maximum absolute atomic E-state index is 12.6. The number of benzene rings is 1. The van der Waals surface area contributed by atoms with Crippen molar-refractivity contribution >= 4 is 32.5 Å². The maximum atomic E-state index is 12.6. The van der Waals surface area contributed by atoms with Crippen LogP contribution in [0.4, 0.5) is 10.5 Å². The predicted octanol–water partition coefficient (Wildman–Crippen LogP) is 2.56. The zero-order chi connectivity index (χ0) is 18.6. The van der Waals surface area contributed by atoms with Crippen molar-refractivity contribution in [3.8, 4) is 0 Å². The lowest BCUT2D eigenvalue weighted by Crippen LogP contribution is -2.48. The summed E-state index contributed by atoms with van der Waals surface area (Å²) >= 11 is 0. The molecule has 1 aromatic heterocycles. The van der Waals surface area contributed by atoms with E-state index in [1.807, 2.05) is 31.2 Å². The Morgan fingerprint density at radius 3 is 2.77 bits per heavy atom. The summed E-state index contributed by atoms with van der Waals surface area (Å²) in [4.78, 5) is 18.4. The maximum Gasteiger partial charge on any atom is 0.321 e. The van der Waals surface area contributed by atoms with E-state index in [-0.39, 0.29) is 17.8 Å². The third kappa shape index (κ3) is 4.50. The highest BCUT2D eigenvalue weighted by molar-refractivity contribution is 7.89. The quantitative estimate of drug-likeness (QED) is 0.839. The third-order valence-corrected chi connectivity index (χ3v) is 6.16. The van der Waals surface area contributed by atoms with Crippen molar-refractivity contribution in [3.05, 3.63) is 36.7 Å². The minimum Gasteiger partial charge on any atom is -0.324 e. The van der Waals surface area contributed by atoms with E-state index in [1.165, 1.54) is 0 Å². The molecule has 7 nitrogen and oxygen atoms in total. The van der Waals surface area contributed by atoms with Gasteiger partial charge in [0.1, 0.15) is 0 Å². The molecule has 3 rings (SSSR count). The van der Waals surface area contributed by atoms with Crippen LogP contribution in [0.3, 0.4) is 0 Å². The number of anilines is 1. The number of carbonyl (C=O) groups excluding carboxylic acids is 1. The number of sulfonamides is 1. The molecule has 2 aromatic rings. The van der Waals surface area contributed by atoms with E-state index in [4.69, 9.17) is 0 Å². The van der Waals surface area contributed by atoms with Crippen LogP contribution in [0.1, 0.15) is 26.2 Å². The summed E-state index contributed by atoms with van der Waals surface area (Å²) < 4.78 is 26.5. The molecular weight excluding hydrogens is 352 g/mol. The third-order valence-electron chi connectivity index (χ3n) is 4.52. The van der Waals surface area contributed by atoms with E-state index in [0.29, 0.717) is 32.4 Å². The molecule has 1 saturated heterocycles. The van der Waals surface area contributed by atoms with Gasteiger partial charge >= 0.3 is 6.03 Å². The summed E-state index contributed by atoms with van der Waals surface area (Å²) in [6.07, 6.45) is 5.30. The van der Waals surface area contributed by atoms with E-state index >= 15 is 0 Å². The van der Waals surface area contributed by atoms with Gasteiger partial charge in [-0.1, -0.05) is 19.1 Å². The normalized spacial score (nSPS) is 16.0. The number of nitrogens with zero attached hydrogens (tertiary/aromatic N) is 2. The lowest BCUT2D eigenvalue weighted by Gasteiger charge is -2.32. The number of rotatable bonds is 5. The van der Waals surface area contributed by atoms with Gasteiger partial charge in [0.25, 0.3) is 0 Å². The summed E-state index contributed by atoms with van der Waals surface area (Å²) in [6.45, 7) is 2.89. The first kappa shape index (κ1) is 18.6. The predicted molar refractivity (Wildman–Crippen MR) is 103 cm³/mol. The van der Waals surface area contributed by atoms with Crippen molar-refractivity contribution in [2.24, 2.45) is 0 Å². The fourth-order valence-corrected chi connectivity index (χ4v) is 4.61. The van der Waals surface area contributed by atoms with Crippen molar-refractivity contribution in [1.29, 1.82) is 0 Å². The standard InChI is InChI=1S/C18H24N4O3S/c1-2-12-26(24,25)21-15-7-10-22(11-8-15)18(23)20-17-5-3-4-14-13-19-9-6-16(14)17/h3-6,9,13,15,21H,2,7-8,10-12H2,1H3,(H,20,23). The second-order valence-electron chi connectivity index (χ2n) is 6.53. The number of likely N-dealkylation sites (tertiary alicyclic amines) is 1. The molecule has 1 fully saturated rings. The molecule has 26 heavy (non-hydrogen) atoms. The Labute approximate surface area is 153 Å². The van der Waals surface area contributed by atoms with Gasteiger partial charge in [0.2, 0.25) is 10.0 Å². The lowest BCUT2D eigenvalue weighted by molar-refractivity contribution is 0.193. The first-order valence-corrected chi connectivity index (χ1v) is 10.5. The Morgan fingerprint density at radius 1 is 1.27 bits per heavy atom. The van der Waals surface area contributed by atoms with E-state index in [0.717, 1.165) is 16.5 Å². The van der Waals surface area contributed by atoms with Gasteiger partial charge in [-0.15, -0.1) is 0 Å². The molecule has 0 unspecified atom stereocenters. The van der Waals surface area contributed by atoms with E-state index < -0.39 is 10.0 Å². The number of carbonyl (C=O) groups is 1. The number of fused-ring (bicyclic) bond motifs is 1. The van der Waals surface area contributed by atoms with Gasteiger partial charge in [-0.25, -0.2) is 17.9 Å². The minimum atomic E-state index is -3.22. The topological polar surface area (TPSA) is 91.4 Å². The summed E-state index contributed by atoms with van der Waals surface area (Å²) in [6, 6.07) is 7.31. The van der Waals surface area contributed by atoms with Crippen molar-refractivity contribution in [2.45, 2.75) is 32.2 Å². The first-order chi connectivity index (χ1) is 12.5. The Bertz CT molecular complexity index is 872. The van der Waals surface area contributed by atoms with Crippen LogP contribution in [0.15, 0.2) is 36.7 Å². The van der Waals surface area contributed by atoms with Gasteiger partial charge in [0, 0.05) is 42.3 Å². The molecule has 0 saturated carbocycles. The molecule has 1 aliphatic heterocycles. The molecule has 0 bridgehead atoms.